The number of hydrogen-bond donors (Lipinski definition) is 1. The van der Waals surface area contributed by atoms with Crippen LogP contribution in [0.2, 0.25) is 0 Å². The van der Waals surface area contributed by atoms with Gasteiger partial charge in [0.25, 0.3) is 0 Å². The Hall–Kier alpha value is -1.13. The molecule has 1 saturated carbocycles. The number of benzene rings is 1. The van der Waals surface area contributed by atoms with Crippen LogP contribution in [0.15, 0.2) is 34.9 Å². The second-order valence-corrected chi connectivity index (χ2v) is 5.87. The van der Waals surface area contributed by atoms with Gasteiger partial charge in [-0.3, -0.25) is 0 Å². The van der Waals surface area contributed by atoms with Gasteiger partial charge in [0.2, 0.25) is 0 Å². The summed E-state index contributed by atoms with van der Waals surface area (Å²) >= 11 is 3.64. The molecule has 0 atom stereocenters. The van der Waals surface area contributed by atoms with E-state index in [1.54, 1.807) is 0 Å². The highest BCUT2D eigenvalue weighted by atomic mass is 79.9. The molecule has 100 valence electrons. The minimum absolute atomic E-state index is 0.706. The standard InChI is InChI=1S/C15H18BrN3/c1-2-17-10-12-5-6-13(9-14(12)16)19-8-7-15(18-19)11-3-4-11/h5-9,11,17H,2-4,10H2,1H3. The van der Waals surface area contributed by atoms with Crippen LogP contribution in [0.1, 0.15) is 36.9 Å². The molecule has 0 bridgehead atoms. The number of rotatable bonds is 5. The molecule has 0 saturated heterocycles. The highest BCUT2D eigenvalue weighted by Gasteiger charge is 2.25. The van der Waals surface area contributed by atoms with Crippen LogP contribution in [-0.4, -0.2) is 16.3 Å². The minimum Gasteiger partial charge on any atom is -0.313 e. The number of nitrogens with one attached hydrogen (secondary N) is 1. The van der Waals surface area contributed by atoms with E-state index in [-0.39, 0.29) is 0 Å². The lowest BCUT2D eigenvalue weighted by Crippen LogP contribution is -2.12. The molecule has 4 heteroatoms. The van der Waals surface area contributed by atoms with Crippen LogP contribution < -0.4 is 5.32 Å². The Balaban J connectivity index is 1.81. The van der Waals surface area contributed by atoms with E-state index in [1.807, 2.05) is 4.68 Å². The molecule has 1 aromatic heterocycles. The molecule has 1 heterocycles. The lowest BCUT2D eigenvalue weighted by Gasteiger charge is -2.08. The van der Waals surface area contributed by atoms with Gasteiger partial charge in [-0.25, -0.2) is 4.68 Å². The molecule has 1 aliphatic rings. The SMILES string of the molecule is CCNCc1ccc(-n2ccc(C3CC3)n2)cc1Br. The molecule has 0 unspecified atom stereocenters. The summed E-state index contributed by atoms with van der Waals surface area (Å²) in [4.78, 5) is 0. The Kier molecular flexibility index (Phi) is 3.71. The number of aromatic nitrogens is 2. The summed E-state index contributed by atoms with van der Waals surface area (Å²) in [5.74, 6) is 0.706. The van der Waals surface area contributed by atoms with Crippen LogP contribution in [0.5, 0.6) is 0 Å². The molecule has 1 aliphatic carbocycles. The monoisotopic (exact) mass is 319 g/mol. The Labute approximate surface area is 122 Å². The average molecular weight is 320 g/mol. The zero-order valence-corrected chi connectivity index (χ0v) is 12.7. The first kappa shape index (κ1) is 12.9. The lowest BCUT2D eigenvalue weighted by molar-refractivity contribution is 0.724. The highest BCUT2D eigenvalue weighted by molar-refractivity contribution is 9.10. The topological polar surface area (TPSA) is 29.9 Å². The van der Waals surface area contributed by atoms with Crippen molar-refractivity contribution in [3.8, 4) is 5.69 Å². The summed E-state index contributed by atoms with van der Waals surface area (Å²) in [6.45, 7) is 3.99. The van der Waals surface area contributed by atoms with Gasteiger partial charge in [0, 0.05) is 23.1 Å². The van der Waals surface area contributed by atoms with E-state index in [0.29, 0.717) is 5.92 Å². The molecule has 19 heavy (non-hydrogen) atoms. The Morgan fingerprint density at radius 3 is 2.89 bits per heavy atom. The van der Waals surface area contributed by atoms with E-state index in [0.717, 1.165) is 23.2 Å². The predicted molar refractivity (Wildman–Crippen MR) is 80.6 cm³/mol. The van der Waals surface area contributed by atoms with Crippen molar-refractivity contribution in [1.82, 2.24) is 15.1 Å². The molecule has 0 spiro atoms. The van der Waals surface area contributed by atoms with Crippen molar-refractivity contribution in [2.24, 2.45) is 0 Å². The summed E-state index contributed by atoms with van der Waals surface area (Å²) in [6.07, 6.45) is 4.64. The fourth-order valence-corrected chi connectivity index (χ4v) is 2.67. The first-order valence-corrected chi connectivity index (χ1v) is 7.62. The third kappa shape index (κ3) is 2.90. The van der Waals surface area contributed by atoms with Crippen molar-refractivity contribution in [3.05, 3.63) is 46.2 Å². The predicted octanol–water partition coefficient (Wildman–Crippen LogP) is 3.62. The zero-order chi connectivity index (χ0) is 13.2. The van der Waals surface area contributed by atoms with E-state index in [1.165, 1.54) is 24.1 Å². The molecule has 1 N–H and O–H groups in total. The van der Waals surface area contributed by atoms with Gasteiger partial charge in [0.15, 0.2) is 0 Å². The molecule has 0 radical (unpaired) electrons. The maximum absolute atomic E-state index is 4.66. The minimum atomic E-state index is 0.706. The van der Waals surface area contributed by atoms with Gasteiger partial charge in [0.1, 0.15) is 0 Å². The second-order valence-electron chi connectivity index (χ2n) is 5.02. The van der Waals surface area contributed by atoms with E-state index in [2.05, 4.69) is 63.7 Å². The van der Waals surface area contributed by atoms with Gasteiger partial charge >= 0.3 is 0 Å². The highest BCUT2D eigenvalue weighted by Crippen LogP contribution is 2.39. The number of halogens is 1. The van der Waals surface area contributed by atoms with Gasteiger partial charge in [0.05, 0.1) is 11.4 Å². The quantitative estimate of drug-likeness (QED) is 0.912. The van der Waals surface area contributed by atoms with Crippen LogP contribution in [0.25, 0.3) is 5.69 Å². The van der Waals surface area contributed by atoms with Gasteiger partial charge in [-0.15, -0.1) is 0 Å². The van der Waals surface area contributed by atoms with Crippen molar-refractivity contribution < 1.29 is 0 Å². The molecule has 0 aliphatic heterocycles. The molecule has 3 rings (SSSR count). The molecule has 1 fully saturated rings. The summed E-state index contributed by atoms with van der Waals surface area (Å²) in [5, 5.41) is 8.00. The van der Waals surface area contributed by atoms with Crippen LogP contribution in [0, 0.1) is 0 Å². The van der Waals surface area contributed by atoms with E-state index in [9.17, 15) is 0 Å². The number of hydrogen-bond acceptors (Lipinski definition) is 2. The number of nitrogens with zero attached hydrogens (tertiary/aromatic N) is 2. The Morgan fingerprint density at radius 2 is 2.21 bits per heavy atom. The van der Waals surface area contributed by atoms with Crippen LogP contribution in [0.3, 0.4) is 0 Å². The molecule has 3 nitrogen and oxygen atoms in total. The summed E-state index contributed by atoms with van der Waals surface area (Å²) in [6, 6.07) is 8.55. The van der Waals surface area contributed by atoms with Crippen molar-refractivity contribution >= 4 is 15.9 Å². The smallest absolute Gasteiger partial charge is 0.0659 e. The van der Waals surface area contributed by atoms with E-state index < -0.39 is 0 Å². The zero-order valence-electron chi connectivity index (χ0n) is 11.1. The van der Waals surface area contributed by atoms with Crippen LogP contribution in [0.4, 0.5) is 0 Å². The van der Waals surface area contributed by atoms with Crippen molar-refractivity contribution in [3.63, 3.8) is 0 Å². The molecule has 2 aromatic rings. The Bertz CT molecular complexity index is 573. The Morgan fingerprint density at radius 1 is 1.37 bits per heavy atom. The maximum atomic E-state index is 4.66. The molecular weight excluding hydrogens is 302 g/mol. The second kappa shape index (κ2) is 5.47. The normalized spacial score (nSPS) is 14.8. The summed E-state index contributed by atoms with van der Waals surface area (Å²) in [5.41, 5.74) is 3.62. The van der Waals surface area contributed by atoms with Gasteiger partial charge < -0.3 is 5.32 Å². The first-order valence-electron chi connectivity index (χ1n) is 6.83. The third-order valence-electron chi connectivity index (χ3n) is 3.47. The fraction of sp³-hybridized carbons (Fsp3) is 0.400. The lowest BCUT2D eigenvalue weighted by atomic mass is 10.2. The van der Waals surface area contributed by atoms with Crippen molar-refractivity contribution in [1.29, 1.82) is 0 Å². The molecule has 1 aromatic carbocycles. The summed E-state index contributed by atoms with van der Waals surface area (Å²) < 4.78 is 3.10. The van der Waals surface area contributed by atoms with Crippen LogP contribution in [-0.2, 0) is 6.54 Å². The van der Waals surface area contributed by atoms with E-state index >= 15 is 0 Å². The van der Waals surface area contributed by atoms with E-state index in [4.69, 9.17) is 0 Å². The van der Waals surface area contributed by atoms with Crippen molar-refractivity contribution in [2.45, 2.75) is 32.2 Å². The van der Waals surface area contributed by atoms with Gasteiger partial charge in [-0.2, -0.15) is 5.10 Å². The maximum Gasteiger partial charge on any atom is 0.0659 e. The summed E-state index contributed by atoms with van der Waals surface area (Å²) in [7, 11) is 0. The molecular formula is C15H18BrN3. The van der Waals surface area contributed by atoms with Crippen molar-refractivity contribution in [2.75, 3.05) is 6.54 Å². The fourth-order valence-electron chi connectivity index (χ4n) is 2.16. The first-order chi connectivity index (χ1) is 9.28. The third-order valence-corrected chi connectivity index (χ3v) is 4.21. The largest absolute Gasteiger partial charge is 0.313 e. The van der Waals surface area contributed by atoms with Crippen LogP contribution >= 0.6 is 15.9 Å². The molecule has 0 amide bonds. The van der Waals surface area contributed by atoms with Gasteiger partial charge in [-0.05, 0) is 43.1 Å². The van der Waals surface area contributed by atoms with Gasteiger partial charge in [-0.1, -0.05) is 28.9 Å². The average Bonchev–Trinajstić information content (AvgIpc) is 3.15.